The maximum atomic E-state index is 12.8. The average molecular weight is 390 g/mol. The molecule has 2 aliphatic rings. The van der Waals surface area contributed by atoms with Crippen LogP contribution in [0.3, 0.4) is 0 Å². The fraction of sp³-hybridized carbons (Fsp3) is 0.800. The highest BCUT2D eigenvalue weighted by Crippen LogP contribution is 2.45. The van der Waals surface area contributed by atoms with Crippen LogP contribution in [0.4, 0.5) is 4.39 Å². The maximum absolute atomic E-state index is 12.8. The Balaban J connectivity index is 1.71. The largest absolute Gasteiger partial charge is 0.378 e. The molecule has 0 aliphatic heterocycles. The van der Waals surface area contributed by atoms with Gasteiger partial charge in [0.25, 0.3) is 0 Å². The molecule has 2 rings (SSSR count). The molecule has 28 heavy (non-hydrogen) atoms. The molecule has 0 aromatic heterocycles. The highest BCUT2D eigenvalue weighted by atomic mass is 19.1. The van der Waals surface area contributed by atoms with E-state index in [-0.39, 0.29) is 5.60 Å². The Labute approximate surface area is 172 Å². The minimum Gasteiger partial charge on any atom is -0.378 e. The zero-order valence-electron chi connectivity index (χ0n) is 18.1. The lowest BCUT2D eigenvalue weighted by atomic mass is 9.67. The van der Waals surface area contributed by atoms with Gasteiger partial charge in [-0.1, -0.05) is 57.6 Å². The molecule has 0 saturated heterocycles. The van der Waals surface area contributed by atoms with Crippen LogP contribution in [-0.2, 0) is 4.74 Å². The van der Waals surface area contributed by atoms with E-state index in [1.807, 2.05) is 13.2 Å². The quantitative estimate of drug-likeness (QED) is 0.218. The van der Waals surface area contributed by atoms with Crippen molar-refractivity contribution in [2.24, 2.45) is 17.8 Å². The van der Waals surface area contributed by atoms with Crippen molar-refractivity contribution < 1.29 is 9.13 Å². The first-order valence-corrected chi connectivity index (χ1v) is 11.6. The van der Waals surface area contributed by atoms with Gasteiger partial charge in [-0.05, 0) is 75.2 Å². The van der Waals surface area contributed by atoms with E-state index >= 15 is 0 Å². The highest BCUT2D eigenvalue weighted by molar-refractivity contribution is 5.18. The zero-order chi connectivity index (χ0) is 20.2. The molecule has 0 radical (unpaired) electrons. The molecule has 2 saturated carbocycles. The van der Waals surface area contributed by atoms with Gasteiger partial charge in [0.05, 0.1) is 5.60 Å². The first-order chi connectivity index (χ1) is 13.6. The molecule has 0 bridgehead atoms. The van der Waals surface area contributed by atoms with E-state index in [2.05, 4.69) is 6.92 Å². The van der Waals surface area contributed by atoms with Crippen molar-refractivity contribution in [2.75, 3.05) is 7.11 Å². The van der Waals surface area contributed by atoms with E-state index < -0.39 is 5.83 Å². The van der Waals surface area contributed by atoms with Crippen molar-refractivity contribution in [2.45, 2.75) is 102 Å². The number of allylic oxidation sites excluding steroid dienone is 4. The summed E-state index contributed by atoms with van der Waals surface area (Å²) < 4.78 is 18.8. The molecule has 0 spiro atoms. The van der Waals surface area contributed by atoms with Gasteiger partial charge < -0.3 is 4.74 Å². The van der Waals surface area contributed by atoms with Gasteiger partial charge in [-0.25, -0.2) is 0 Å². The van der Waals surface area contributed by atoms with E-state index in [9.17, 15) is 4.39 Å². The zero-order valence-corrected chi connectivity index (χ0v) is 18.1. The summed E-state index contributed by atoms with van der Waals surface area (Å²) in [5, 5.41) is 8.42. The fourth-order valence-corrected chi connectivity index (χ4v) is 5.46. The van der Waals surface area contributed by atoms with Crippen LogP contribution in [0.1, 0.15) is 96.8 Å². The molecule has 0 aromatic carbocycles. The number of hydrogen-bond donors (Lipinski definition) is 0. The molecule has 0 unspecified atom stereocenters. The predicted octanol–water partition coefficient (Wildman–Crippen LogP) is 7.66. The van der Waals surface area contributed by atoms with Crippen LogP contribution in [0.5, 0.6) is 0 Å². The molecule has 3 heteroatoms. The second-order valence-electron chi connectivity index (χ2n) is 9.09. The number of hydrogen-bond acceptors (Lipinski definition) is 2. The third kappa shape index (κ3) is 7.36. The third-order valence-corrected chi connectivity index (χ3v) is 7.40. The Hall–Kier alpha value is -1.14. The van der Waals surface area contributed by atoms with Crippen LogP contribution in [0.25, 0.3) is 0 Å². The van der Waals surface area contributed by atoms with Gasteiger partial charge >= 0.3 is 0 Å². The summed E-state index contributed by atoms with van der Waals surface area (Å²) in [7, 11) is 1.85. The molecule has 2 fully saturated rings. The van der Waals surface area contributed by atoms with Crippen molar-refractivity contribution in [3.63, 3.8) is 0 Å². The summed E-state index contributed by atoms with van der Waals surface area (Å²) >= 11 is 0. The normalized spacial score (nSPS) is 31.8. The van der Waals surface area contributed by atoms with Crippen molar-refractivity contribution in [3.8, 4) is 6.07 Å². The fourth-order valence-electron chi connectivity index (χ4n) is 5.46. The van der Waals surface area contributed by atoms with Gasteiger partial charge in [-0.15, -0.1) is 0 Å². The Morgan fingerprint density at radius 1 is 1.11 bits per heavy atom. The first-order valence-electron chi connectivity index (χ1n) is 11.6. The number of unbranched alkanes of at least 4 members (excludes halogenated alkanes) is 2. The molecule has 0 aromatic rings. The van der Waals surface area contributed by atoms with Crippen molar-refractivity contribution in [3.05, 3.63) is 24.1 Å². The van der Waals surface area contributed by atoms with Gasteiger partial charge in [0, 0.05) is 7.11 Å². The van der Waals surface area contributed by atoms with E-state index in [1.165, 1.54) is 76.4 Å². The molecular weight excluding hydrogens is 349 g/mol. The lowest BCUT2D eigenvalue weighted by Gasteiger charge is -2.43. The SMILES string of the molecule is CCCCCC1CCC(C2CCC(CCC=CC=C(F)C#N)(OC)CC2)CC1. The lowest BCUT2D eigenvalue weighted by Crippen LogP contribution is -2.38. The topological polar surface area (TPSA) is 33.0 Å². The van der Waals surface area contributed by atoms with E-state index in [0.717, 1.165) is 43.4 Å². The number of nitriles is 1. The van der Waals surface area contributed by atoms with Gasteiger partial charge in [0.15, 0.2) is 5.83 Å². The Bertz CT molecular complexity index is 531. The van der Waals surface area contributed by atoms with Crippen LogP contribution >= 0.6 is 0 Å². The third-order valence-electron chi connectivity index (χ3n) is 7.40. The molecule has 0 N–H and O–H groups in total. The van der Waals surface area contributed by atoms with E-state index in [4.69, 9.17) is 10.00 Å². The van der Waals surface area contributed by atoms with Crippen LogP contribution < -0.4 is 0 Å². The van der Waals surface area contributed by atoms with Crippen molar-refractivity contribution in [1.82, 2.24) is 0 Å². The van der Waals surface area contributed by atoms with Crippen LogP contribution in [0.15, 0.2) is 24.1 Å². The highest BCUT2D eigenvalue weighted by Gasteiger charge is 2.38. The average Bonchev–Trinajstić information content (AvgIpc) is 2.74. The van der Waals surface area contributed by atoms with Gasteiger partial charge in [0.1, 0.15) is 6.07 Å². The van der Waals surface area contributed by atoms with Gasteiger partial charge in [-0.3, -0.25) is 0 Å². The van der Waals surface area contributed by atoms with Crippen LogP contribution in [0, 0.1) is 29.1 Å². The molecule has 0 heterocycles. The maximum Gasteiger partial charge on any atom is 0.199 e. The Morgan fingerprint density at radius 3 is 2.39 bits per heavy atom. The number of methoxy groups -OCH3 is 1. The van der Waals surface area contributed by atoms with E-state index in [1.54, 1.807) is 6.08 Å². The predicted molar refractivity (Wildman–Crippen MR) is 114 cm³/mol. The minimum absolute atomic E-state index is 0.00428. The first kappa shape index (κ1) is 23.1. The molecule has 0 atom stereocenters. The molecule has 2 nitrogen and oxygen atoms in total. The van der Waals surface area contributed by atoms with E-state index in [0.29, 0.717) is 0 Å². The molecule has 0 amide bonds. The monoisotopic (exact) mass is 389 g/mol. The Morgan fingerprint density at radius 2 is 1.79 bits per heavy atom. The summed E-state index contributed by atoms with van der Waals surface area (Å²) in [6, 6.07) is 1.49. The molecule has 158 valence electrons. The number of halogens is 1. The van der Waals surface area contributed by atoms with Crippen LogP contribution in [0.2, 0.25) is 0 Å². The summed E-state index contributed by atoms with van der Waals surface area (Å²) in [4.78, 5) is 0. The second-order valence-corrected chi connectivity index (χ2v) is 9.09. The summed E-state index contributed by atoms with van der Waals surface area (Å²) in [5.74, 6) is 2.09. The summed E-state index contributed by atoms with van der Waals surface area (Å²) in [5.41, 5.74) is -0.00428. The molecule has 2 aliphatic carbocycles. The van der Waals surface area contributed by atoms with Crippen LogP contribution in [-0.4, -0.2) is 12.7 Å². The smallest absolute Gasteiger partial charge is 0.199 e. The number of ether oxygens (including phenoxy) is 1. The number of rotatable bonds is 10. The summed E-state index contributed by atoms with van der Waals surface area (Å²) in [6.07, 6.45) is 23.0. The summed E-state index contributed by atoms with van der Waals surface area (Å²) in [6.45, 7) is 2.29. The Kier molecular flexibility index (Phi) is 10.3. The number of nitrogens with zero attached hydrogens (tertiary/aromatic N) is 1. The minimum atomic E-state index is -0.738. The van der Waals surface area contributed by atoms with Gasteiger partial charge in [-0.2, -0.15) is 9.65 Å². The standard InChI is InChI=1S/C25H40FNO/c1-3-4-6-9-21-11-13-22(14-12-21)23-15-18-25(28-2,19-16-23)17-8-5-7-10-24(26)20-27/h5,7,10,21-23H,3-4,6,8-9,11-19H2,1-2H3. The van der Waals surface area contributed by atoms with Gasteiger partial charge in [0.2, 0.25) is 0 Å². The van der Waals surface area contributed by atoms with Crippen molar-refractivity contribution >= 4 is 0 Å². The molecular formula is C25H40FNO. The lowest BCUT2D eigenvalue weighted by molar-refractivity contribution is -0.0618. The van der Waals surface area contributed by atoms with Crippen molar-refractivity contribution in [1.29, 1.82) is 5.26 Å². The second kappa shape index (κ2) is 12.4.